The Hall–Kier alpha value is -0.450. The first-order valence-corrected chi connectivity index (χ1v) is 2.60. The molecule has 0 saturated heterocycles. The van der Waals surface area contributed by atoms with Gasteiger partial charge < -0.3 is 15.3 Å². The van der Waals surface area contributed by atoms with Gasteiger partial charge in [0.1, 0.15) is 12.2 Å². The van der Waals surface area contributed by atoms with Crippen molar-refractivity contribution in [1.29, 1.82) is 0 Å². The molecule has 9 heavy (non-hydrogen) atoms. The molecule has 4 heteroatoms. The number of aliphatic hydroxyl groups excluding tert-OH is 3. The number of hydrogen-bond acceptors (Lipinski definition) is 4. The predicted molar refractivity (Wildman–Crippen MR) is 29.8 cm³/mol. The third kappa shape index (κ3) is 2.55. The van der Waals surface area contributed by atoms with Gasteiger partial charge in [0.25, 0.3) is 0 Å². The first-order valence-electron chi connectivity index (χ1n) is 2.60. The molecule has 0 unspecified atom stereocenters. The van der Waals surface area contributed by atoms with E-state index in [1.807, 2.05) is 0 Å². The van der Waals surface area contributed by atoms with Crippen molar-refractivity contribution in [3.05, 3.63) is 0 Å². The molecular formula is C5H10O4. The van der Waals surface area contributed by atoms with Crippen molar-refractivity contribution in [1.82, 2.24) is 0 Å². The quantitative estimate of drug-likeness (QED) is 0.429. The molecule has 0 amide bonds. The van der Waals surface area contributed by atoms with Crippen LogP contribution in [0, 0.1) is 0 Å². The Morgan fingerprint density at radius 3 is 2.11 bits per heavy atom. The number of hydrogen-bond donors (Lipinski definition) is 3. The number of aliphatic hydroxyl groups is 3. The Kier molecular flexibility index (Phi) is 3.37. The van der Waals surface area contributed by atoms with Crippen LogP contribution in [0.3, 0.4) is 0 Å². The number of Topliss-reactive ketones (excluding diaryl/α,β-unsaturated/α-hetero) is 1. The zero-order valence-corrected chi connectivity index (χ0v) is 5.11. The minimum absolute atomic E-state index is 0.635. The van der Waals surface area contributed by atoms with Crippen molar-refractivity contribution >= 4 is 5.78 Å². The zero-order chi connectivity index (χ0) is 7.44. The van der Waals surface area contributed by atoms with Gasteiger partial charge in [0, 0.05) is 0 Å². The molecule has 0 aromatic rings. The van der Waals surface area contributed by atoms with Gasteiger partial charge in [0.05, 0.1) is 6.61 Å². The average Bonchev–Trinajstić information content (AvgIpc) is 1.84. The SMILES string of the molecule is C[C@H](O)C(=O)[C@@H](O)CO. The monoisotopic (exact) mass is 134 g/mol. The van der Waals surface area contributed by atoms with Crippen molar-refractivity contribution in [2.75, 3.05) is 6.61 Å². The maximum Gasteiger partial charge on any atom is 0.191 e. The van der Waals surface area contributed by atoms with Crippen molar-refractivity contribution < 1.29 is 20.1 Å². The molecule has 0 aliphatic carbocycles. The van der Waals surface area contributed by atoms with E-state index in [4.69, 9.17) is 15.3 Å². The summed E-state index contributed by atoms with van der Waals surface area (Å²) in [5, 5.41) is 25.2. The Balaban J connectivity index is 3.73. The van der Waals surface area contributed by atoms with Crippen LogP contribution in [0.15, 0.2) is 0 Å². The molecule has 0 saturated carbocycles. The van der Waals surface area contributed by atoms with Crippen molar-refractivity contribution in [2.45, 2.75) is 19.1 Å². The van der Waals surface area contributed by atoms with Crippen LogP contribution in [0.1, 0.15) is 6.92 Å². The van der Waals surface area contributed by atoms with Gasteiger partial charge in [-0.1, -0.05) is 0 Å². The van der Waals surface area contributed by atoms with Crippen LogP contribution in [0.25, 0.3) is 0 Å². The number of ketones is 1. The Morgan fingerprint density at radius 2 is 2.00 bits per heavy atom. The van der Waals surface area contributed by atoms with E-state index < -0.39 is 24.6 Å². The van der Waals surface area contributed by atoms with E-state index in [0.29, 0.717) is 0 Å². The standard InChI is InChI=1S/C5H10O4/c1-3(7)5(9)4(8)2-6/h3-4,6-8H,2H2,1H3/t3-,4-/m0/s1. The lowest BCUT2D eigenvalue weighted by atomic mass is 10.2. The second-order valence-electron chi connectivity index (χ2n) is 1.78. The molecule has 0 spiro atoms. The van der Waals surface area contributed by atoms with Gasteiger partial charge in [-0.3, -0.25) is 4.79 Å². The lowest BCUT2D eigenvalue weighted by Crippen LogP contribution is -2.32. The molecule has 54 valence electrons. The molecular weight excluding hydrogens is 124 g/mol. The molecule has 4 nitrogen and oxygen atoms in total. The summed E-state index contributed by atoms with van der Waals surface area (Å²) in [6, 6.07) is 0. The van der Waals surface area contributed by atoms with E-state index >= 15 is 0 Å². The average molecular weight is 134 g/mol. The molecule has 0 aromatic carbocycles. The van der Waals surface area contributed by atoms with Gasteiger partial charge in [-0.25, -0.2) is 0 Å². The van der Waals surface area contributed by atoms with Gasteiger partial charge in [-0.2, -0.15) is 0 Å². The number of rotatable bonds is 3. The molecule has 0 aliphatic rings. The van der Waals surface area contributed by atoms with Crippen molar-refractivity contribution in [3.8, 4) is 0 Å². The van der Waals surface area contributed by atoms with Crippen LogP contribution < -0.4 is 0 Å². The molecule has 2 atom stereocenters. The Bertz CT molecular complexity index is 99.1. The van der Waals surface area contributed by atoms with Crippen LogP contribution in [0.4, 0.5) is 0 Å². The van der Waals surface area contributed by atoms with Crippen LogP contribution >= 0.6 is 0 Å². The normalized spacial score (nSPS) is 16.9. The lowest BCUT2D eigenvalue weighted by molar-refractivity contribution is -0.136. The van der Waals surface area contributed by atoms with E-state index in [-0.39, 0.29) is 0 Å². The summed E-state index contributed by atoms with van der Waals surface area (Å²) < 4.78 is 0. The van der Waals surface area contributed by atoms with E-state index in [0.717, 1.165) is 0 Å². The van der Waals surface area contributed by atoms with Crippen LogP contribution in [0.5, 0.6) is 0 Å². The number of carbonyl (C=O) groups is 1. The molecule has 0 rings (SSSR count). The fourth-order valence-corrected chi connectivity index (χ4v) is 0.368. The van der Waals surface area contributed by atoms with Gasteiger partial charge >= 0.3 is 0 Å². The molecule has 0 heterocycles. The maximum atomic E-state index is 10.4. The Labute approximate surface area is 52.7 Å². The first kappa shape index (κ1) is 8.55. The van der Waals surface area contributed by atoms with E-state index in [9.17, 15) is 4.79 Å². The van der Waals surface area contributed by atoms with Gasteiger partial charge in [0.15, 0.2) is 5.78 Å². The second-order valence-corrected chi connectivity index (χ2v) is 1.78. The highest BCUT2D eigenvalue weighted by Gasteiger charge is 2.17. The fourth-order valence-electron chi connectivity index (χ4n) is 0.368. The molecule has 0 bridgehead atoms. The topological polar surface area (TPSA) is 77.8 Å². The number of carbonyl (C=O) groups excluding carboxylic acids is 1. The summed E-state index contributed by atoms with van der Waals surface area (Å²) in [5.41, 5.74) is 0. The second kappa shape index (κ2) is 3.55. The summed E-state index contributed by atoms with van der Waals surface area (Å²) >= 11 is 0. The van der Waals surface area contributed by atoms with Crippen LogP contribution in [0.2, 0.25) is 0 Å². The van der Waals surface area contributed by atoms with E-state index in [1.54, 1.807) is 0 Å². The highest BCUT2D eigenvalue weighted by atomic mass is 16.3. The third-order valence-corrected chi connectivity index (χ3v) is 0.913. The third-order valence-electron chi connectivity index (χ3n) is 0.913. The molecule has 0 radical (unpaired) electrons. The van der Waals surface area contributed by atoms with Crippen LogP contribution in [-0.4, -0.2) is 39.9 Å². The van der Waals surface area contributed by atoms with Crippen LogP contribution in [-0.2, 0) is 4.79 Å². The van der Waals surface area contributed by atoms with Crippen molar-refractivity contribution in [2.24, 2.45) is 0 Å². The first-order chi connectivity index (χ1) is 4.09. The Morgan fingerprint density at radius 1 is 1.56 bits per heavy atom. The summed E-state index contributed by atoms with van der Waals surface area (Å²) in [7, 11) is 0. The van der Waals surface area contributed by atoms with Gasteiger partial charge in [-0.15, -0.1) is 0 Å². The van der Waals surface area contributed by atoms with Crippen molar-refractivity contribution in [3.63, 3.8) is 0 Å². The minimum atomic E-state index is -1.44. The fraction of sp³-hybridized carbons (Fsp3) is 0.800. The highest BCUT2D eigenvalue weighted by Crippen LogP contribution is 1.89. The predicted octanol–water partition coefficient (Wildman–Crippen LogP) is -1.71. The smallest absolute Gasteiger partial charge is 0.191 e. The summed E-state index contributed by atoms with van der Waals surface area (Å²) in [5.74, 6) is -0.752. The van der Waals surface area contributed by atoms with E-state index in [2.05, 4.69) is 0 Å². The molecule has 0 fully saturated rings. The zero-order valence-electron chi connectivity index (χ0n) is 5.11. The molecule has 0 aromatic heterocycles. The highest BCUT2D eigenvalue weighted by molar-refractivity contribution is 5.86. The largest absolute Gasteiger partial charge is 0.393 e. The summed E-state index contributed by atoms with van der Waals surface area (Å²) in [6.07, 6.45) is -2.64. The van der Waals surface area contributed by atoms with Gasteiger partial charge in [-0.05, 0) is 6.92 Å². The van der Waals surface area contributed by atoms with Gasteiger partial charge in [0.2, 0.25) is 0 Å². The summed E-state index contributed by atoms with van der Waals surface area (Å²) in [6.45, 7) is 0.602. The molecule has 3 N–H and O–H groups in total. The lowest BCUT2D eigenvalue weighted by Gasteiger charge is -2.06. The summed E-state index contributed by atoms with van der Waals surface area (Å²) in [4.78, 5) is 10.4. The van der Waals surface area contributed by atoms with E-state index in [1.165, 1.54) is 6.92 Å². The maximum absolute atomic E-state index is 10.4. The minimum Gasteiger partial charge on any atom is -0.393 e. The molecule has 0 aliphatic heterocycles.